The Balaban J connectivity index is 1.72. The maximum Gasteiger partial charge on any atom is 0.360 e. The Bertz CT molecular complexity index is 1270. The molecule has 0 saturated carbocycles. The average molecular weight is 529 g/mol. The van der Waals surface area contributed by atoms with E-state index in [4.69, 9.17) is 10.1 Å². The number of carboxylic acid groups (broad SMARTS) is 1. The molecule has 0 unspecified atom stereocenters. The average Bonchev–Trinajstić information content (AvgIpc) is 3.40. The van der Waals surface area contributed by atoms with Crippen LogP contribution in [0.15, 0.2) is 102 Å². The first kappa shape index (κ1) is 25.9. The first-order valence-electron chi connectivity index (χ1n) is 11.4. The molecule has 0 saturated heterocycles. The molecule has 4 rings (SSSR count). The van der Waals surface area contributed by atoms with E-state index in [1.807, 2.05) is 60.7 Å². The SMILES string of the molecule is N#CCSCCO/N=C(/C(=O)O)c1csc(NC(c2ccccc2)(c2ccccc2)c2ccccc2)n1. The molecule has 9 heteroatoms. The minimum absolute atomic E-state index is 0.192. The van der Waals surface area contributed by atoms with Gasteiger partial charge in [-0.2, -0.15) is 5.26 Å². The van der Waals surface area contributed by atoms with Gasteiger partial charge in [-0.15, -0.1) is 23.1 Å². The summed E-state index contributed by atoms with van der Waals surface area (Å²) in [5.41, 5.74) is 2.17. The highest BCUT2D eigenvalue weighted by molar-refractivity contribution is 7.99. The van der Waals surface area contributed by atoms with E-state index in [2.05, 4.69) is 51.9 Å². The molecule has 0 aliphatic rings. The number of nitriles is 1. The van der Waals surface area contributed by atoms with Gasteiger partial charge in [-0.3, -0.25) is 0 Å². The van der Waals surface area contributed by atoms with Crippen molar-refractivity contribution in [2.75, 3.05) is 23.4 Å². The van der Waals surface area contributed by atoms with Crippen LogP contribution in [-0.4, -0.2) is 39.9 Å². The van der Waals surface area contributed by atoms with Crippen molar-refractivity contribution in [2.45, 2.75) is 5.54 Å². The standard InChI is InChI=1S/C28H24N4O3S2/c29-16-18-36-19-17-35-32-25(26(33)34)24-20-37-27(30-24)31-28(21-10-4-1-5-11-21,22-12-6-2-7-13-22)23-14-8-3-9-15-23/h1-15,20H,17-19H2,(H,30,31)(H,33,34)/b32-25+. The van der Waals surface area contributed by atoms with E-state index >= 15 is 0 Å². The Morgan fingerprint density at radius 1 is 1.00 bits per heavy atom. The second-order valence-corrected chi connectivity index (χ2v) is 9.76. The van der Waals surface area contributed by atoms with Crippen LogP contribution in [0.4, 0.5) is 5.13 Å². The highest BCUT2D eigenvalue weighted by atomic mass is 32.2. The van der Waals surface area contributed by atoms with Crippen molar-refractivity contribution in [3.05, 3.63) is 119 Å². The molecule has 3 aromatic carbocycles. The molecule has 0 amide bonds. The Morgan fingerprint density at radius 2 is 1.54 bits per heavy atom. The summed E-state index contributed by atoms with van der Waals surface area (Å²) in [4.78, 5) is 21.7. The molecule has 1 aromatic heterocycles. The Kier molecular flexibility index (Phi) is 8.92. The van der Waals surface area contributed by atoms with Crippen LogP contribution in [0.3, 0.4) is 0 Å². The highest BCUT2D eigenvalue weighted by Crippen LogP contribution is 2.40. The fourth-order valence-corrected chi connectivity index (χ4v) is 5.08. The molecule has 0 atom stereocenters. The third kappa shape index (κ3) is 6.17. The molecule has 0 radical (unpaired) electrons. The molecule has 186 valence electrons. The maximum atomic E-state index is 11.9. The molecule has 37 heavy (non-hydrogen) atoms. The van der Waals surface area contributed by atoms with Crippen molar-refractivity contribution in [2.24, 2.45) is 5.16 Å². The number of carbonyl (C=O) groups is 1. The number of nitrogens with zero attached hydrogens (tertiary/aromatic N) is 3. The summed E-state index contributed by atoms with van der Waals surface area (Å²) in [6, 6.07) is 32.3. The van der Waals surface area contributed by atoms with Gasteiger partial charge in [0.25, 0.3) is 0 Å². The zero-order valence-corrected chi connectivity index (χ0v) is 21.4. The van der Waals surface area contributed by atoms with Gasteiger partial charge in [0.05, 0.1) is 11.8 Å². The number of oxime groups is 1. The van der Waals surface area contributed by atoms with Crippen LogP contribution in [-0.2, 0) is 15.2 Å². The number of nitrogens with one attached hydrogen (secondary N) is 1. The number of hydrogen-bond acceptors (Lipinski definition) is 8. The maximum absolute atomic E-state index is 11.9. The van der Waals surface area contributed by atoms with Crippen LogP contribution >= 0.6 is 23.1 Å². The number of aliphatic carboxylic acids is 1. The van der Waals surface area contributed by atoms with Gasteiger partial charge in [0.1, 0.15) is 17.8 Å². The first-order valence-corrected chi connectivity index (χ1v) is 13.5. The number of thioether (sulfide) groups is 1. The van der Waals surface area contributed by atoms with Crippen LogP contribution in [0.1, 0.15) is 22.4 Å². The van der Waals surface area contributed by atoms with Crippen LogP contribution in [0.5, 0.6) is 0 Å². The van der Waals surface area contributed by atoms with Crippen LogP contribution in [0.25, 0.3) is 0 Å². The smallest absolute Gasteiger partial charge is 0.360 e. The van der Waals surface area contributed by atoms with Gasteiger partial charge in [0, 0.05) is 11.1 Å². The summed E-state index contributed by atoms with van der Waals surface area (Å²) in [6.07, 6.45) is 0. The second-order valence-electron chi connectivity index (χ2n) is 7.80. The normalized spacial score (nSPS) is 11.5. The summed E-state index contributed by atoms with van der Waals surface area (Å²) in [7, 11) is 0. The van der Waals surface area contributed by atoms with Gasteiger partial charge in [0.15, 0.2) is 5.13 Å². The lowest BCUT2D eigenvalue weighted by atomic mass is 9.77. The van der Waals surface area contributed by atoms with E-state index in [9.17, 15) is 9.90 Å². The quantitative estimate of drug-likeness (QED) is 0.107. The molecule has 0 bridgehead atoms. The lowest BCUT2D eigenvalue weighted by molar-refractivity contribution is -0.129. The molecule has 0 fully saturated rings. The van der Waals surface area contributed by atoms with E-state index < -0.39 is 11.5 Å². The van der Waals surface area contributed by atoms with Crippen molar-refractivity contribution >= 4 is 39.9 Å². The molecular weight excluding hydrogens is 504 g/mol. The number of carboxylic acids is 1. The molecule has 1 heterocycles. The summed E-state index contributed by atoms with van der Waals surface area (Å²) in [5.74, 6) is -0.366. The monoisotopic (exact) mass is 528 g/mol. The van der Waals surface area contributed by atoms with E-state index in [-0.39, 0.29) is 18.0 Å². The zero-order valence-electron chi connectivity index (χ0n) is 19.8. The zero-order chi connectivity index (χ0) is 25.9. The number of thiazole rings is 1. The van der Waals surface area contributed by atoms with Crippen molar-refractivity contribution in [3.63, 3.8) is 0 Å². The van der Waals surface area contributed by atoms with Crippen molar-refractivity contribution in [3.8, 4) is 6.07 Å². The summed E-state index contributed by atoms with van der Waals surface area (Å²) in [6.45, 7) is 0.192. The molecule has 2 N–H and O–H groups in total. The molecule has 0 aliphatic heterocycles. The molecule has 7 nitrogen and oxygen atoms in total. The van der Waals surface area contributed by atoms with E-state index in [1.54, 1.807) is 5.38 Å². The van der Waals surface area contributed by atoms with Crippen LogP contribution in [0, 0.1) is 11.3 Å². The Hall–Kier alpha value is -4.13. The number of aromatic nitrogens is 1. The van der Waals surface area contributed by atoms with Gasteiger partial charge < -0.3 is 15.3 Å². The predicted molar refractivity (Wildman–Crippen MR) is 148 cm³/mol. The number of anilines is 1. The van der Waals surface area contributed by atoms with Gasteiger partial charge in [-0.1, -0.05) is 96.2 Å². The van der Waals surface area contributed by atoms with E-state index in [0.29, 0.717) is 16.6 Å². The molecule has 0 spiro atoms. The fraction of sp³-hybridized carbons (Fsp3) is 0.143. The van der Waals surface area contributed by atoms with Gasteiger partial charge >= 0.3 is 5.97 Å². The van der Waals surface area contributed by atoms with Gasteiger partial charge in [0.2, 0.25) is 5.71 Å². The predicted octanol–water partition coefficient (Wildman–Crippen LogP) is 5.61. The van der Waals surface area contributed by atoms with Crippen LogP contribution < -0.4 is 5.32 Å². The van der Waals surface area contributed by atoms with Crippen molar-refractivity contribution in [1.29, 1.82) is 5.26 Å². The Morgan fingerprint density at radius 3 is 2.03 bits per heavy atom. The van der Waals surface area contributed by atoms with Gasteiger partial charge in [-0.25, -0.2) is 9.78 Å². The van der Waals surface area contributed by atoms with Crippen LogP contribution in [0.2, 0.25) is 0 Å². The third-order valence-electron chi connectivity index (χ3n) is 5.51. The largest absolute Gasteiger partial charge is 0.476 e. The molecule has 0 aliphatic carbocycles. The van der Waals surface area contributed by atoms with E-state index in [0.717, 1.165) is 16.7 Å². The topological polar surface area (TPSA) is 108 Å². The summed E-state index contributed by atoms with van der Waals surface area (Å²) in [5, 5.41) is 28.0. The van der Waals surface area contributed by atoms with E-state index in [1.165, 1.54) is 23.1 Å². The summed E-state index contributed by atoms with van der Waals surface area (Å²) >= 11 is 2.68. The fourth-order valence-electron chi connectivity index (χ4n) is 3.90. The number of hydrogen-bond donors (Lipinski definition) is 2. The molecular formula is C28H24N4O3S2. The minimum atomic E-state index is -1.23. The summed E-state index contributed by atoms with van der Waals surface area (Å²) < 4.78 is 0. The Labute approximate surface area is 223 Å². The van der Waals surface area contributed by atoms with Crippen molar-refractivity contribution in [1.82, 2.24) is 4.98 Å². The number of rotatable bonds is 12. The highest BCUT2D eigenvalue weighted by Gasteiger charge is 2.37. The third-order valence-corrected chi connectivity index (χ3v) is 7.05. The van der Waals surface area contributed by atoms with Gasteiger partial charge in [-0.05, 0) is 16.7 Å². The van der Waals surface area contributed by atoms with Crippen molar-refractivity contribution < 1.29 is 14.7 Å². The first-order chi connectivity index (χ1) is 18.1. The lowest BCUT2D eigenvalue weighted by Crippen LogP contribution is -2.38. The number of benzene rings is 3. The second kappa shape index (κ2) is 12.7. The lowest BCUT2D eigenvalue weighted by Gasteiger charge is -2.36. The molecule has 4 aromatic rings. The minimum Gasteiger partial charge on any atom is -0.476 e.